The Kier molecular flexibility index (Phi) is 3.54. The third-order valence-electron chi connectivity index (χ3n) is 3.80. The van der Waals surface area contributed by atoms with Gasteiger partial charge in [-0.25, -0.2) is 4.98 Å². The number of benzene rings is 1. The topological polar surface area (TPSA) is 67.3 Å². The molecule has 4 rings (SSSR count). The van der Waals surface area contributed by atoms with E-state index in [0.717, 1.165) is 26.5 Å². The molecule has 0 spiro atoms. The number of anilines is 3. The lowest BCUT2D eigenvalue weighted by molar-refractivity contribution is -0.120. The highest BCUT2D eigenvalue weighted by Gasteiger charge is 2.22. The molecule has 8 heteroatoms. The lowest BCUT2D eigenvalue weighted by atomic mass is 10.2. The van der Waals surface area contributed by atoms with Crippen LogP contribution in [0.25, 0.3) is 10.2 Å². The smallest absolute Gasteiger partial charge is 0.264 e. The average Bonchev–Trinajstić information content (AvgIpc) is 2.91. The van der Waals surface area contributed by atoms with Crippen molar-refractivity contribution in [3.8, 4) is 5.75 Å². The van der Waals surface area contributed by atoms with Crippen molar-refractivity contribution in [2.75, 3.05) is 23.9 Å². The van der Waals surface area contributed by atoms with E-state index < -0.39 is 0 Å². The number of aromatic nitrogens is 2. The van der Waals surface area contributed by atoms with Crippen LogP contribution in [0.2, 0.25) is 5.28 Å². The normalized spacial score (nSPS) is 13.8. The molecule has 3 aromatic rings. The Morgan fingerprint density at radius 3 is 3.00 bits per heavy atom. The van der Waals surface area contributed by atoms with Crippen molar-refractivity contribution in [2.24, 2.45) is 0 Å². The largest absolute Gasteiger partial charge is 0.481 e. The summed E-state index contributed by atoms with van der Waals surface area (Å²) in [7, 11) is 1.73. The van der Waals surface area contributed by atoms with Gasteiger partial charge in [-0.1, -0.05) is 0 Å². The first-order chi connectivity index (χ1) is 11.5. The van der Waals surface area contributed by atoms with E-state index in [0.29, 0.717) is 11.6 Å². The summed E-state index contributed by atoms with van der Waals surface area (Å²) in [5.41, 5.74) is 1.55. The number of rotatable bonds is 2. The predicted molar refractivity (Wildman–Crippen MR) is 95.8 cm³/mol. The van der Waals surface area contributed by atoms with E-state index in [1.54, 1.807) is 23.3 Å². The first kappa shape index (κ1) is 15.2. The molecule has 0 bridgehead atoms. The number of aryl methyl sites for hydroxylation is 1. The number of halogens is 1. The monoisotopic (exact) mass is 360 g/mol. The van der Waals surface area contributed by atoms with Crippen LogP contribution in [0.1, 0.15) is 4.88 Å². The number of hydrogen-bond donors (Lipinski definition) is 1. The van der Waals surface area contributed by atoms with Crippen molar-refractivity contribution in [1.29, 1.82) is 0 Å². The van der Waals surface area contributed by atoms with Gasteiger partial charge >= 0.3 is 0 Å². The lowest BCUT2D eigenvalue weighted by Crippen LogP contribution is -2.35. The van der Waals surface area contributed by atoms with Gasteiger partial charge < -0.3 is 15.0 Å². The second kappa shape index (κ2) is 5.61. The third-order valence-corrected chi connectivity index (χ3v) is 4.91. The van der Waals surface area contributed by atoms with Crippen LogP contribution in [-0.2, 0) is 4.79 Å². The van der Waals surface area contributed by atoms with Gasteiger partial charge in [0, 0.05) is 23.7 Å². The van der Waals surface area contributed by atoms with Gasteiger partial charge in [0.1, 0.15) is 16.4 Å². The fraction of sp³-hybridized carbons (Fsp3) is 0.188. The van der Waals surface area contributed by atoms with Gasteiger partial charge in [-0.3, -0.25) is 4.79 Å². The molecule has 6 nitrogen and oxygen atoms in total. The number of nitrogens with zero attached hydrogens (tertiary/aromatic N) is 3. The minimum Gasteiger partial charge on any atom is -0.481 e. The van der Waals surface area contributed by atoms with Crippen LogP contribution < -0.4 is 15.0 Å². The van der Waals surface area contributed by atoms with E-state index in [1.807, 2.05) is 31.2 Å². The summed E-state index contributed by atoms with van der Waals surface area (Å²) in [5, 5.41) is 4.39. The van der Waals surface area contributed by atoms with E-state index in [-0.39, 0.29) is 17.8 Å². The van der Waals surface area contributed by atoms with Gasteiger partial charge in [-0.15, -0.1) is 11.3 Å². The highest BCUT2D eigenvalue weighted by Crippen LogP contribution is 2.36. The second-order valence-electron chi connectivity index (χ2n) is 5.47. The molecule has 1 aliphatic rings. The summed E-state index contributed by atoms with van der Waals surface area (Å²) < 4.78 is 5.51. The number of carbonyl (C=O) groups excluding carboxylic acids is 1. The van der Waals surface area contributed by atoms with Gasteiger partial charge in [0.15, 0.2) is 6.61 Å². The quantitative estimate of drug-likeness (QED) is 0.705. The molecule has 0 radical (unpaired) electrons. The molecule has 0 fully saturated rings. The summed E-state index contributed by atoms with van der Waals surface area (Å²) in [6, 6.07) is 7.59. The molecule has 0 atom stereocenters. The maximum absolute atomic E-state index is 11.7. The summed E-state index contributed by atoms with van der Waals surface area (Å²) >= 11 is 7.60. The first-order valence-electron chi connectivity index (χ1n) is 7.25. The molecule has 2 aromatic heterocycles. The standard InChI is InChI=1S/C16H13ClN4O2S/c1-8-5-10-14(19-16(17)20-15(10)24-8)18-9-3-4-11-12(6-9)23-7-13(22)21(11)2/h3-6H,7H2,1-2H3,(H,18,19,20). The van der Waals surface area contributed by atoms with Gasteiger partial charge in [0.2, 0.25) is 5.28 Å². The zero-order valence-corrected chi connectivity index (χ0v) is 14.5. The Morgan fingerprint density at radius 2 is 2.17 bits per heavy atom. The third kappa shape index (κ3) is 2.55. The van der Waals surface area contributed by atoms with Crippen molar-refractivity contribution in [3.05, 3.63) is 34.4 Å². The maximum atomic E-state index is 11.7. The molecular weight excluding hydrogens is 348 g/mol. The fourth-order valence-corrected chi connectivity index (χ4v) is 3.70. The van der Waals surface area contributed by atoms with E-state index in [1.165, 1.54) is 0 Å². The van der Waals surface area contributed by atoms with Crippen LogP contribution in [0.5, 0.6) is 5.75 Å². The van der Waals surface area contributed by atoms with Crippen LogP contribution in [-0.4, -0.2) is 29.5 Å². The van der Waals surface area contributed by atoms with Crippen LogP contribution in [0, 0.1) is 6.92 Å². The van der Waals surface area contributed by atoms with Crippen molar-refractivity contribution >= 4 is 56.3 Å². The number of ether oxygens (including phenoxy) is 1. The Morgan fingerprint density at radius 1 is 1.33 bits per heavy atom. The molecule has 3 heterocycles. The minimum atomic E-state index is -0.0683. The van der Waals surface area contributed by atoms with E-state index in [9.17, 15) is 4.79 Å². The van der Waals surface area contributed by atoms with E-state index >= 15 is 0 Å². The Bertz CT molecular complexity index is 972. The number of carbonyl (C=O) groups is 1. The summed E-state index contributed by atoms with van der Waals surface area (Å²) in [5.74, 6) is 1.23. The molecule has 1 N–H and O–H groups in total. The van der Waals surface area contributed by atoms with Crippen molar-refractivity contribution in [1.82, 2.24) is 9.97 Å². The van der Waals surface area contributed by atoms with Crippen LogP contribution in [0.3, 0.4) is 0 Å². The van der Waals surface area contributed by atoms with Crippen LogP contribution in [0.15, 0.2) is 24.3 Å². The molecule has 0 aliphatic carbocycles. The molecule has 0 saturated carbocycles. The number of hydrogen-bond acceptors (Lipinski definition) is 6. The molecule has 24 heavy (non-hydrogen) atoms. The lowest BCUT2D eigenvalue weighted by Gasteiger charge is -2.26. The molecule has 122 valence electrons. The Hall–Kier alpha value is -2.38. The molecule has 1 aromatic carbocycles. The van der Waals surface area contributed by atoms with Crippen molar-refractivity contribution < 1.29 is 9.53 Å². The van der Waals surface area contributed by atoms with Crippen molar-refractivity contribution in [3.63, 3.8) is 0 Å². The highest BCUT2D eigenvalue weighted by molar-refractivity contribution is 7.18. The number of amides is 1. The van der Waals surface area contributed by atoms with Gasteiger partial charge in [-0.2, -0.15) is 4.98 Å². The number of thiophene rings is 1. The summed E-state index contributed by atoms with van der Waals surface area (Å²) in [6.45, 7) is 2.06. The van der Waals surface area contributed by atoms with E-state index in [4.69, 9.17) is 16.3 Å². The van der Waals surface area contributed by atoms with Crippen LogP contribution >= 0.6 is 22.9 Å². The van der Waals surface area contributed by atoms with Gasteiger partial charge in [0.05, 0.1) is 11.1 Å². The van der Waals surface area contributed by atoms with Gasteiger partial charge in [-0.05, 0) is 36.7 Å². The molecule has 1 aliphatic heterocycles. The Labute approximate surface area is 147 Å². The predicted octanol–water partition coefficient (Wildman–Crippen LogP) is 3.75. The molecule has 0 unspecified atom stereocenters. The number of nitrogens with one attached hydrogen (secondary N) is 1. The van der Waals surface area contributed by atoms with Crippen molar-refractivity contribution in [2.45, 2.75) is 6.92 Å². The first-order valence-corrected chi connectivity index (χ1v) is 8.45. The van der Waals surface area contributed by atoms with E-state index in [2.05, 4.69) is 15.3 Å². The second-order valence-corrected chi connectivity index (χ2v) is 7.04. The molecular formula is C16H13ClN4O2S. The fourth-order valence-electron chi connectivity index (χ4n) is 2.60. The minimum absolute atomic E-state index is 0.0419. The highest BCUT2D eigenvalue weighted by atomic mass is 35.5. The molecule has 0 saturated heterocycles. The summed E-state index contributed by atoms with van der Waals surface area (Å²) in [6.07, 6.45) is 0. The number of likely N-dealkylation sites (N-methyl/N-ethyl adjacent to an activating group) is 1. The SMILES string of the molecule is Cc1cc2c(Nc3ccc4c(c3)OCC(=O)N4C)nc(Cl)nc2s1. The zero-order chi connectivity index (χ0) is 16.8. The number of fused-ring (bicyclic) bond motifs is 2. The maximum Gasteiger partial charge on any atom is 0.264 e. The molecule has 1 amide bonds. The van der Waals surface area contributed by atoms with Gasteiger partial charge in [0.25, 0.3) is 5.91 Å². The summed E-state index contributed by atoms with van der Waals surface area (Å²) in [4.78, 5) is 23.8. The average molecular weight is 361 g/mol. The zero-order valence-electron chi connectivity index (χ0n) is 13.0. The van der Waals surface area contributed by atoms with Crippen LogP contribution in [0.4, 0.5) is 17.2 Å². The Balaban J connectivity index is 1.73.